The van der Waals surface area contributed by atoms with Crippen molar-refractivity contribution in [1.29, 1.82) is 10.8 Å². The van der Waals surface area contributed by atoms with Crippen molar-refractivity contribution in [2.24, 2.45) is 11.7 Å². The first-order chi connectivity index (χ1) is 15.8. The van der Waals surface area contributed by atoms with Crippen molar-refractivity contribution in [3.63, 3.8) is 0 Å². The van der Waals surface area contributed by atoms with Gasteiger partial charge in [0.25, 0.3) is 0 Å². The van der Waals surface area contributed by atoms with E-state index in [2.05, 4.69) is 30.2 Å². The summed E-state index contributed by atoms with van der Waals surface area (Å²) in [5.74, 6) is 0.189. The molecule has 0 bridgehead atoms. The van der Waals surface area contributed by atoms with E-state index in [1.54, 1.807) is 6.07 Å². The Kier molecular flexibility index (Phi) is 10.4. The number of amides is 1. The molecule has 0 radical (unpaired) electrons. The molecule has 0 spiro atoms. The number of rotatable bonds is 11. The number of nitrogens with one attached hydrogen (secondary N) is 3. The Morgan fingerprint density at radius 1 is 1.42 bits per heavy atom. The zero-order chi connectivity index (χ0) is 24.2. The molecule has 0 saturated heterocycles. The van der Waals surface area contributed by atoms with Crippen molar-refractivity contribution in [3.05, 3.63) is 65.3 Å². The molecule has 0 unspecified atom stereocenters. The molecule has 0 aliphatic heterocycles. The molecule has 1 atom stereocenters. The summed E-state index contributed by atoms with van der Waals surface area (Å²) in [6.45, 7) is 7.80. The summed E-state index contributed by atoms with van der Waals surface area (Å²) in [6, 6.07) is 9.23. The molecule has 6 nitrogen and oxygen atoms in total. The van der Waals surface area contributed by atoms with Gasteiger partial charge in [0.05, 0.1) is 17.3 Å². The molecule has 1 aliphatic rings. The van der Waals surface area contributed by atoms with Gasteiger partial charge in [-0.1, -0.05) is 56.2 Å². The molecule has 0 aromatic heterocycles. The van der Waals surface area contributed by atoms with Gasteiger partial charge in [-0.2, -0.15) is 6.21 Å². The Morgan fingerprint density at radius 3 is 2.79 bits per heavy atom. The van der Waals surface area contributed by atoms with Crippen LogP contribution >= 0.6 is 0 Å². The number of allylic oxidation sites excluding steroid dienone is 2. The van der Waals surface area contributed by atoms with Gasteiger partial charge in [-0.15, -0.1) is 12.2 Å². The summed E-state index contributed by atoms with van der Waals surface area (Å²) in [5, 5.41) is 18.5. The number of hydrogen-bond donors (Lipinski definition) is 4. The Labute approximate surface area is 198 Å². The van der Waals surface area contributed by atoms with Crippen molar-refractivity contribution in [3.8, 4) is 0 Å². The van der Waals surface area contributed by atoms with Crippen LogP contribution in [0.15, 0.2) is 42.0 Å². The van der Waals surface area contributed by atoms with Gasteiger partial charge < -0.3 is 21.2 Å². The van der Waals surface area contributed by atoms with Gasteiger partial charge in [0.2, 0.25) is 5.90 Å². The van der Waals surface area contributed by atoms with Crippen LogP contribution in [0.2, 0.25) is 0 Å². The van der Waals surface area contributed by atoms with Crippen LogP contribution in [0.25, 0.3) is 5.70 Å². The normalized spacial score (nSPS) is 15.8. The van der Waals surface area contributed by atoms with E-state index in [0.29, 0.717) is 29.2 Å². The Balaban J connectivity index is 2.07. The van der Waals surface area contributed by atoms with Crippen LogP contribution in [0, 0.1) is 35.8 Å². The van der Waals surface area contributed by atoms with E-state index in [0.717, 1.165) is 30.4 Å². The van der Waals surface area contributed by atoms with Crippen LogP contribution in [-0.4, -0.2) is 30.7 Å². The molecule has 33 heavy (non-hydrogen) atoms. The fourth-order valence-corrected chi connectivity index (χ4v) is 4.09. The summed E-state index contributed by atoms with van der Waals surface area (Å²) in [5.41, 5.74) is 9.42. The van der Waals surface area contributed by atoms with E-state index >= 15 is 0 Å². The van der Waals surface area contributed by atoms with Crippen molar-refractivity contribution in [1.82, 2.24) is 5.32 Å². The monoisotopic (exact) mass is 447 g/mol. The first kappa shape index (κ1) is 25.9. The van der Waals surface area contributed by atoms with Gasteiger partial charge in [-0.25, -0.2) is 6.08 Å². The fraction of sp³-hybridized carbons (Fsp3) is 0.444. The average molecular weight is 448 g/mol. The minimum atomic E-state index is -0.256. The van der Waals surface area contributed by atoms with Gasteiger partial charge in [-0.05, 0) is 43.9 Å². The number of aryl methyl sites for hydroxylation is 1. The van der Waals surface area contributed by atoms with Gasteiger partial charge in [-0.3, -0.25) is 10.2 Å². The van der Waals surface area contributed by atoms with Gasteiger partial charge in [0, 0.05) is 6.08 Å². The Morgan fingerprint density at radius 2 is 2.15 bits per heavy atom. The van der Waals surface area contributed by atoms with Gasteiger partial charge >= 0.3 is 0 Å². The highest BCUT2D eigenvalue weighted by Gasteiger charge is 2.21. The number of ether oxygens (including phenoxy) is 1. The lowest BCUT2D eigenvalue weighted by molar-refractivity contribution is -0.118. The lowest BCUT2D eigenvalue weighted by atomic mass is 9.85. The van der Waals surface area contributed by atoms with Gasteiger partial charge in [0.1, 0.15) is 6.61 Å². The molecular formula is C27H35N4O2-. The van der Waals surface area contributed by atoms with Gasteiger partial charge in [0.15, 0.2) is 5.91 Å². The zero-order valence-electron chi connectivity index (χ0n) is 19.7. The maximum Gasteiger partial charge on any atom is 0.207 e. The quantitative estimate of drug-likeness (QED) is 0.129. The smallest absolute Gasteiger partial charge is 0.207 e. The number of nitrogens with two attached hydrogens (primary N) is 1. The Bertz CT molecular complexity index is 910. The minimum absolute atomic E-state index is 0.0717. The molecule has 1 fully saturated rings. The second-order valence-electron chi connectivity index (χ2n) is 8.79. The van der Waals surface area contributed by atoms with Crippen LogP contribution in [0.1, 0.15) is 63.0 Å². The maximum absolute atomic E-state index is 12.9. The molecule has 6 heteroatoms. The van der Waals surface area contributed by atoms with E-state index < -0.39 is 0 Å². The van der Waals surface area contributed by atoms with E-state index in [-0.39, 0.29) is 24.5 Å². The molecular weight excluding hydrogens is 412 g/mol. The third kappa shape index (κ3) is 8.97. The highest BCUT2D eigenvalue weighted by Crippen LogP contribution is 2.27. The molecule has 0 heterocycles. The van der Waals surface area contributed by atoms with Crippen molar-refractivity contribution in [2.75, 3.05) is 6.61 Å². The van der Waals surface area contributed by atoms with Crippen LogP contribution in [0.5, 0.6) is 0 Å². The van der Waals surface area contributed by atoms with Crippen LogP contribution < -0.4 is 11.1 Å². The largest absolute Gasteiger partial charge is 0.476 e. The first-order valence-electron chi connectivity index (χ1n) is 11.4. The lowest BCUT2D eigenvalue weighted by Gasteiger charge is -2.28. The highest BCUT2D eigenvalue weighted by atomic mass is 16.5. The molecule has 176 valence electrons. The SMILES string of the molecule is C=C(C)C/C(=C\[C-]=N)C(=O)N[C@@H](COC(=N)/C=C(\N)c1c#cccc1C)CC1CCCCC1. The van der Waals surface area contributed by atoms with Crippen molar-refractivity contribution < 1.29 is 9.53 Å². The van der Waals surface area contributed by atoms with E-state index in [1.165, 1.54) is 31.4 Å². The maximum atomic E-state index is 12.9. The second-order valence-corrected chi connectivity index (χ2v) is 8.79. The molecule has 2 rings (SSSR count). The van der Waals surface area contributed by atoms with Crippen LogP contribution in [-0.2, 0) is 9.53 Å². The summed E-state index contributed by atoms with van der Waals surface area (Å²) >= 11 is 0. The predicted octanol–water partition coefficient (Wildman–Crippen LogP) is 4.76. The number of hydrogen-bond acceptors (Lipinski definition) is 5. The zero-order valence-corrected chi connectivity index (χ0v) is 19.7. The average Bonchev–Trinajstić information content (AvgIpc) is 2.77. The topological polar surface area (TPSA) is 112 Å². The van der Waals surface area contributed by atoms with E-state index in [1.807, 2.05) is 19.9 Å². The third-order valence-electron chi connectivity index (χ3n) is 5.73. The first-order valence-corrected chi connectivity index (χ1v) is 11.4. The molecule has 1 aromatic carbocycles. The summed E-state index contributed by atoms with van der Waals surface area (Å²) in [6.07, 6.45) is 12.1. The molecule has 1 saturated carbocycles. The van der Waals surface area contributed by atoms with E-state index in [9.17, 15) is 4.79 Å². The number of carbonyl (C=O) groups excluding carboxylic acids is 1. The standard InChI is InChI=1S/C27H35N4O2/c1-19(2)15-22(13-14-28)27(32)31-23(16-21-10-5-4-6-11-21)18-33-26(30)17-25(29)24-12-8-7-9-20(24)3/h7,9,13,17,21,23,28,30H,1,4-6,10-11,15-16,18,29H2,2-3H3,(H,31,32)/q-1/b22-13+,25-17-,30-26?/t23-/m1/s1. The predicted molar refractivity (Wildman–Crippen MR) is 133 cm³/mol. The number of carbonyl (C=O) groups is 1. The van der Waals surface area contributed by atoms with E-state index in [4.69, 9.17) is 21.3 Å². The van der Waals surface area contributed by atoms with Crippen LogP contribution in [0.4, 0.5) is 0 Å². The molecule has 5 N–H and O–H groups in total. The summed E-state index contributed by atoms with van der Waals surface area (Å²) < 4.78 is 5.70. The van der Waals surface area contributed by atoms with Crippen molar-refractivity contribution in [2.45, 2.75) is 64.8 Å². The second kappa shape index (κ2) is 13.3. The summed E-state index contributed by atoms with van der Waals surface area (Å²) in [7, 11) is 0. The molecule has 1 aliphatic carbocycles. The minimum Gasteiger partial charge on any atom is -0.476 e. The molecule has 1 amide bonds. The summed E-state index contributed by atoms with van der Waals surface area (Å²) in [4.78, 5) is 12.9. The van der Waals surface area contributed by atoms with Crippen molar-refractivity contribution >= 4 is 23.7 Å². The highest BCUT2D eigenvalue weighted by molar-refractivity contribution is 5.97. The lowest BCUT2D eigenvalue weighted by Crippen LogP contribution is -2.41. The third-order valence-corrected chi connectivity index (χ3v) is 5.73. The molecule has 1 aromatic rings. The fourth-order valence-electron chi connectivity index (χ4n) is 4.09. The Hall–Kier alpha value is -3.33. The van der Waals surface area contributed by atoms with Crippen LogP contribution in [0.3, 0.4) is 0 Å².